The van der Waals surface area contributed by atoms with Gasteiger partial charge in [0, 0.05) is 18.2 Å². The first kappa shape index (κ1) is 18.0. The molecule has 0 amide bonds. The van der Waals surface area contributed by atoms with Gasteiger partial charge in [-0.25, -0.2) is 4.79 Å². The molecule has 2 unspecified atom stereocenters. The fourth-order valence-corrected chi connectivity index (χ4v) is 3.30. The lowest BCUT2D eigenvalue weighted by Crippen LogP contribution is -2.38. The number of aryl methyl sites for hydroxylation is 1. The molecule has 3 heterocycles. The standard InChI is InChI=1S/C16H22N2O7/c1-16(2)24-11-10(8-20)23-14(12(11)25-16)18-7-9(5-3-4-6-19)13(21)17-15(18)22/h6-7,10-12,14,20H,3-5,8H2,1-2H3,(H,17,21,22)/t10-,11?,12?,14-/m1/s1. The van der Waals surface area contributed by atoms with E-state index < -0.39 is 41.6 Å². The van der Waals surface area contributed by atoms with E-state index in [0.717, 1.165) is 6.29 Å². The van der Waals surface area contributed by atoms with Gasteiger partial charge < -0.3 is 24.1 Å². The molecule has 4 atom stereocenters. The van der Waals surface area contributed by atoms with Crippen LogP contribution in [0.5, 0.6) is 0 Å². The minimum Gasteiger partial charge on any atom is -0.394 e. The highest BCUT2D eigenvalue weighted by Crippen LogP contribution is 2.42. The molecule has 2 aliphatic heterocycles. The van der Waals surface area contributed by atoms with E-state index in [9.17, 15) is 19.5 Å². The summed E-state index contributed by atoms with van der Waals surface area (Å²) in [6.45, 7) is 3.22. The number of ether oxygens (including phenoxy) is 3. The fraction of sp³-hybridized carbons (Fsp3) is 0.688. The molecule has 1 aromatic heterocycles. The molecular formula is C16H22N2O7. The van der Waals surface area contributed by atoms with Crippen LogP contribution >= 0.6 is 0 Å². The zero-order valence-electron chi connectivity index (χ0n) is 14.1. The van der Waals surface area contributed by atoms with E-state index in [2.05, 4.69) is 4.98 Å². The van der Waals surface area contributed by atoms with Crippen molar-refractivity contribution in [2.75, 3.05) is 6.61 Å². The number of rotatable bonds is 6. The molecule has 0 bridgehead atoms. The Morgan fingerprint density at radius 2 is 2.04 bits per heavy atom. The van der Waals surface area contributed by atoms with Crippen LogP contribution in [0.1, 0.15) is 38.5 Å². The summed E-state index contributed by atoms with van der Waals surface area (Å²) in [5, 5.41) is 9.52. The van der Waals surface area contributed by atoms with Crippen LogP contribution in [0.2, 0.25) is 0 Å². The van der Waals surface area contributed by atoms with E-state index in [1.54, 1.807) is 13.8 Å². The summed E-state index contributed by atoms with van der Waals surface area (Å²) in [4.78, 5) is 36.9. The number of H-pyrrole nitrogens is 1. The highest BCUT2D eigenvalue weighted by atomic mass is 16.8. The molecule has 25 heavy (non-hydrogen) atoms. The quantitative estimate of drug-likeness (QED) is 0.520. The average molecular weight is 354 g/mol. The largest absolute Gasteiger partial charge is 0.394 e. The third kappa shape index (κ3) is 3.45. The molecule has 0 aromatic carbocycles. The predicted octanol–water partition coefficient (Wildman–Crippen LogP) is -0.532. The summed E-state index contributed by atoms with van der Waals surface area (Å²) < 4.78 is 18.6. The highest BCUT2D eigenvalue weighted by Gasteiger charge is 2.55. The molecule has 0 saturated carbocycles. The number of aldehydes is 1. The smallest absolute Gasteiger partial charge is 0.330 e. The first-order valence-corrected chi connectivity index (χ1v) is 8.26. The molecule has 1 aromatic rings. The van der Waals surface area contributed by atoms with Crippen LogP contribution in [-0.4, -0.2) is 51.6 Å². The fourth-order valence-electron chi connectivity index (χ4n) is 3.30. The summed E-state index contributed by atoms with van der Waals surface area (Å²) in [7, 11) is 0. The van der Waals surface area contributed by atoms with Crippen LogP contribution in [0.25, 0.3) is 0 Å². The Morgan fingerprint density at radius 3 is 2.72 bits per heavy atom. The number of carbonyl (C=O) groups is 1. The van der Waals surface area contributed by atoms with Crippen LogP contribution in [0, 0.1) is 0 Å². The van der Waals surface area contributed by atoms with Crippen molar-refractivity contribution in [1.29, 1.82) is 0 Å². The Labute approximate surface area is 143 Å². The molecule has 9 heteroatoms. The number of aliphatic hydroxyl groups is 1. The lowest BCUT2D eigenvalue weighted by atomic mass is 10.1. The van der Waals surface area contributed by atoms with Gasteiger partial charge >= 0.3 is 5.69 Å². The molecule has 138 valence electrons. The van der Waals surface area contributed by atoms with Crippen molar-refractivity contribution in [1.82, 2.24) is 9.55 Å². The van der Waals surface area contributed by atoms with E-state index >= 15 is 0 Å². The molecule has 3 rings (SSSR count). The summed E-state index contributed by atoms with van der Waals surface area (Å²) in [5.74, 6) is -0.858. The maximum absolute atomic E-state index is 12.3. The molecule has 2 N–H and O–H groups in total. The second-order valence-corrected chi connectivity index (χ2v) is 6.69. The summed E-state index contributed by atoms with van der Waals surface area (Å²) in [6, 6.07) is 0. The molecular weight excluding hydrogens is 332 g/mol. The summed E-state index contributed by atoms with van der Waals surface area (Å²) in [5.41, 5.74) is -0.726. The van der Waals surface area contributed by atoms with Gasteiger partial charge in [0.2, 0.25) is 0 Å². The molecule has 0 aliphatic carbocycles. The van der Waals surface area contributed by atoms with Crippen molar-refractivity contribution < 1.29 is 24.1 Å². The van der Waals surface area contributed by atoms with Crippen LogP contribution < -0.4 is 11.2 Å². The summed E-state index contributed by atoms with van der Waals surface area (Å²) in [6.07, 6.45) is 0.874. The number of unbranched alkanes of at least 4 members (excludes halogenated alkanes) is 1. The van der Waals surface area contributed by atoms with Crippen molar-refractivity contribution >= 4 is 6.29 Å². The number of aromatic amines is 1. The Morgan fingerprint density at radius 1 is 1.32 bits per heavy atom. The van der Waals surface area contributed by atoms with Gasteiger partial charge in [-0.3, -0.25) is 14.3 Å². The van der Waals surface area contributed by atoms with Crippen LogP contribution in [0.4, 0.5) is 0 Å². The van der Waals surface area contributed by atoms with Gasteiger partial charge in [0.05, 0.1) is 6.61 Å². The molecule has 2 fully saturated rings. The van der Waals surface area contributed by atoms with Crippen molar-refractivity contribution in [3.8, 4) is 0 Å². The van der Waals surface area contributed by atoms with Gasteiger partial charge in [0.25, 0.3) is 5.56 Å². The molecule has 2 aliphatic rings. The minimum absolute atomic E-state index is 0.276. The normalized spacial score (nSPS) is 30.4. The lowest BCUT2D eigenvalue weighted by molar-refractivity contribution is -0.200. The maximum atomic E-state index is 12.3. The summed E-state index contributed by atoms with van der Waals surface area (Å²) >= 11 is 0. The maximum Gasteiger partial charge on any atom is 0.330 e. The van der Waals surface area contributed by atoms with Gasteiger partial charge in [-0.15, -0.1) is 0 Å². The number of fused-ring (bicyclic) bond motifs is 1. The molecule has 9 nitrogen and oxygen atoms in total. The van der Waals surface area contributed by atoms with Crippen LogP contribution in [0.3, 0.4) is 0 Å². The highest BCUT2D eigenvalue weighted by molar-refractivity contribution is 5.49. The number of aromatic nitrogens is 2. The Hall–Kier alpha value is -1.81. The van der Waals surface area contributed by atoms with Gasteiger partial charge in [0.15, 0.2) is 12.0 Å². The number of aliphatic hydroxyl groups excluding tert-OH is 1. The second kappa shape index (κ2) is 6.83. The zero-order valence-corrected chi connectivity index (χ0v) is 14.1. The zero-order chi connectivity index (χ0) is 18.2. The van der Waals surface area contributed by atoms with E-state index in [1.807, 2.05) is 0 Å². The van der Waals surface area contributed by atoms with Gasteiger partial charge in [-0.1, -0.05) is 0 Å². The van der Waals surface area contributed by atoms with Gasteiger partial charge in [-0.05, 0) is 26.7 Å². The van der Waals surface area contributed by atoms with Gasteiger partial charge in [0.1, 0.15) is 24.6 Å². The second-order valence-electron chi connectivity index (χ2n) is 6.69. The van der Waals surface area contributed by atoms with Crippen LogP contribution in [-0.2, 0) is 25.4 Å². The number of hydrogen-bond donors (Lipinski definition) is 2. The average Bonchev–Trinajstić information content (AvgIpc) is 3.02. The molecule has 0 spiro atoms. The molecule has 2 saturated heterocycles. The van der Waals surface area contributed by atoms with E-state index in [4.69, 9.17) is 14.2 Å². The first-order chi connectivity index (χ1) is 11.9. The van der Waals surface area contributed by atoms with Crippen molar-refractivity contribution in [3.05, 3.63) is 32.6 Å². The molecule has 0 radical (unpaired) electrons. The van der Waals surface area contributed by atoms with E-state index in [1.165, 1.54) is 10.8 Å². The minimum atomic E-state index is -0.858. The lowest BCUT2D eigenvalue weighted by Gasteiger charge is -2.24. The number of nitrogens with one attached hydrogen (secondary N) is 1. The van der Waals surface area contributed by atoms with Crippen molar-refractivity contribution in [3.63, 3.8) is 0 Å². The van der Waals surface area contributed by atoms with Crippen LogP contribution in [0.15, 0.2) is 15.8 Å². The first-order valence-electron chi connectivity index (χ1n) is 8.26. The Kier molecular flexibility index (Phi) is 4.92. The van der Waals surface area contributed by atoms with Crippen molar-refractivity contribution in [2.24, 2.45) is 0 Å². The van der Waals surface area contributed by atoms with E-state index in [0.29, 0.717) is 24.8 Å². The third-order valence-corrected chi connectivity index (χ3v) is 4.39. The predicted molar refractivity (Wildman–Crippen MR) is 85.1 cm³/mol. The number of nitrogens with zero attached hydrogens (tertiary/aromatic N) is 1. The third-order valence-electron chi connectivity index (χ3n) is 4.39. The van der Waals surface area contributed by atoms with E-state index in [-0.39, 0.29) is 6.61 Å². The monoisotopic (exact) mass is 354 g/mol. The number of carbonyl (C=O) groups excluding carboxylic acids is 1. The van der Waals surface area contributed by atoms with Gasteiger partial charge in [-0.2, -0.15) is 0 Å². The Balaban J connectivity index is 1.92. The SMILES string of the molecule is CC1(C)OC2C(O1)[C@@H](CO)O[C@H]2n1cc(CCCC=O)c(=O)[nH]c1=O. The topological polar surface area (TPSA) is 120 Å². The Bertz CT molecular complexity index is 754. The van der Waals surface area contributed by atoms with Crippen molar-refractivity contribution in [2.45, 2.75) is 63.4 Å². The number of hydrogen-bond acceptors (Lipinski definition) is 7.